The van der Waals surface area contributed by atoms with Gasteiger partial charge in [-0.25, -0.2) is 0 Å². The molecule has 0 spiro atoms. The quantitative estimate of drug-likeness (QED) is 0.110. The molecular weight excluding hydrogens is 891 g/mol. The second kappa shape index (κ2) is 19.7. The van der Waals surface area contributed by atoms with Crippen LogP contribution in [0, 0.1) is 12.3 Å². The fraction of sp³-hybridized carbons (Fsp3) is 0.148. The van der Waals surface area contributed by atoms with Gasteiger partial charge in [0, 0.05) is 64.7 Å². The summed E-state index contributed by atoms with van der Waals surface area (Å²) in [6, 6.07) is 53.8. The molecule has 0 unspecified atom stereocenters. The molecule has 11 heteroatoms. The molecule has 350 valence electrons. The van der Waals surface area contributed by atoms with Gasteiger partial charge in [0.15, 0.2) is 0 Å². The second-order valence-electron chi connectivity index (χ2n) is 18.3. The van der Waals surface area contributed by atoms with Gasteiger partial charge in [0.2, 0.25) is 0 Å². The molecule has 0 radical (unpaired) electrons. The van der Waals surface area contributed by atoms with E-state index in [0.717, 1.165) is 115 Å². The Morgan fingerprint density at radius 2 is 1.03 bits per heavy atom. The van der Waals surface area contributed by atoms with Crippen molar-refractivity contribution in [3.63, 3.8) is 0 Å². The molecule has 0 atom stereocenters. The van der Waals surface area contributed by atoms with E-state index in [1.54, 1.807) is 15.6 Å². The number of hydrogen-bond acceptors (Lipinski definition) is 8. The SMILES string of the molecule is C#Cc1cc(C2=C(C)Cc3c(-c4ccccc4)c(-c4ccccc4)nn3C2=O)ccc1N=NN1CCCCC1.CC1=C(c2ccc3nnccc3c2)C(=O)n2nc(-c3ccccc3)c(-c3ccccc3)c2C1. The average Bonchev–Trinajstić information content (AvgIpc) is 4.01. The zero-order valence-corrected chi connectivity index (χ0v) is 40.0. The monoisotopic (exact) mass is 939 g/mol. The van der Waals surface area contributed by atoms with Gasteiger partial charge in [0.05, 0.1) is 28.7 Å². The topological polar surface area (TPSA) is 124 Å². The highest BCUT2D eigenvalue weighted by Gasteiger charge is 2.33. The van der Waals surface area contributed by atoms with Crippen molar-refractivity contribution < 1.29 is 9.59 Å². The molecule has 0 N–H and O–H groups in total. The molecule has 0 bridgehead atoms. The van der Waals surface area contributed by atoms with Crippen LogP contribution in [0.4, 0.5) is 5.69 Å². The lowest BCUT2D eigenvalue weighted by molar-refractivity contribution is 0.0950. The van der Waals surface area contributed by atoms with Crippen LogP contribution in [0.25, 0.3) is 66.8 Å². The van der Waals surface area contributed by atoms with Crippen molar-refractivity contribution in [1.29, 1.82) is 0 Å². The molecule has 0 aliphatic carbocycles. The first-order valence-electron chi connectivity index (χ1n) is 24.3. The van der Waals surface area contributed by atoms with Crippen LogP contribution in [0.15, 0.2) is 191 Å². The van der Waals surface area contributed by atoms with Gasteiger partial charge in [0.25, 0.3) is 11.8 Å². The van der Waals surface area contributed by atoms with Crippen LogP contribution >= 0.6 is 0 Å². The molecule has 72 heavy (non-hydrogen) atoms. The van der Waals surface area contributed by atoms with E-state index in [1.807, 2.05) is 158 Å². The van der Waals surface area contributed by atoms with E-state index in [2.05, 4.69) is 50.7 Å². The standard InChI is InChI=1S/C33H29N5O.C28H20N4O/c1-3-24-22-27(17-18-28(24)34-36-37-19-11-6-12-20-37)30-23(2)21-29-31(25-13-7-4-8-14-25)32(35-38(29)33(30)39)26-15-9-5-10-16-26;1-18-16-24-26(19-8-4-2-5-9-19)27(20-10-6-3-7-11-20)31-32(24)28(33)25(18)22-12-13-23-21(17-22)14-15-29-30-23/h1,4-5,7-10,13-18,22H,6,11-12,19-21H2,2H3;2-15,17H,16H2,1H3. The van der Waals surface area contributed by atoms with Gasteiger partial charge in [-0.1, -0.05) is 156 Å². The van der Waals surface area contributed by atoms with Crippen molar-refractivity contribution in [3.05, 3.63) is 209 Å². The van der Waals surface area contributed by atoms with Crippen LogP contribution in [0.1, 0.15) is 70.8 Å². The molecular formula is C61H49N9O2. The van der Waals surface area contributed by atoms with Crippen LogP contribution in [0.5, 0.6) is 0 Å². The van der Waals surface area contributed by atoms with Gasteiger partial charge in [0.1, 0.15) is 17.1 Å². The van der Waals surface area contributed by atoms with E-state index in [4.69, 9.17) is 16.6 Å². The Balaban J connectivity index is 0.000000158. The molecule has 0 amide bonds. The minimum Gasteiger partial charge on any atom is -0.278 e. The number of aromatic nitrogens is 6. The van der Waals surface area contributed by atoms with Gasteiger partial charge >= 0.3 is 0 Å². The molecule has 0 saturated carbocycles. The first kappa shape index (κ1) is 45.3. The fourth-order valence-electron chi connectivity index (χ4n) is 10.1. The van der Waals surface area contributed by atoms with E-state index < -0.39 is 0 Å². The van der Waals surface area contributed by atoms with Crippen LogP contribution in [0.2, 0.25) is 0 Å². The lowest BCUT2D eigenvalue weighted by atomic mass is 9.90. The van der Waals surface area contributed by atoms with Crippen LogP contribution in [-0.2, 0) is 12.8 Å². The number of benzene rings is 6. The van der Waals surface area contributed by atoms with Crippen LogP contribution in [0.3, 0.4) is 0 Å². The molecule has 3 aliphatic rings. The van der Waals surface area contributed by atoms with E-state index in [0.29, 0.717) is 35.2 Å². The number of rotatable bonds is 8. The molecule has 1 fully saturated rings. The van der Waals surface area contributed by atoms with Gasteiger partial charge in [-0.2, -0.15) is 29.8 Å². The first-order valence-corrected chi connectivity index (χ1v) is 24.3. The predicted octanol–water partition coefficient (Wildman–Crippen LogP) is 13.2. The summed E-state index contributed by atoms with van der Waals surface area (Å²) >= 11 is 0. The highest BCUT2D eigenvalue weighted by atomic mass is 16.2. The summed E-state index contributed by atoms with van der Waals surface area (Å²) in [6.45, 7) is 5.88. The van der Waals surface area contributed by atoms with Crippen molar-refractivity contribution in [3.8, 4) is 57.1 Å². The Labute approximate surface area is 417 Å². The highest BCUT2D eigenvalue weighted by molar-refractivity contribution is 6.24. The molecule has 3 aliphatic heterocycles. The van der Waals surface area contributed by atoms with E-state index >= 15 is 0 Å². The molecule has 6 heterocycles. The van der Waals surface area contributed by atoms with Crippen molar-refractivity contribution in [1.82, 2.24) is 34.8 Å². The van der Waals surface area contributed by atoms with E-state index in [-0.39, 0.29) is 11.8 Å². The largest absolute Gasteiger partial charge is 0.279 e. The normalized spacial score (nSPS) is 14.5. The Kier molecular flexibility index (Phi) is 12.4. The summed E-state index contributed by atoms with van der Waals surface area (Å²) in [5.41, 5.74) is 16.6. The Morgan fingerprint density at radius 3 is 1.54 bits per heavy atom. The lowest BCUT2D eigenvalue weighted by Gasteiger charge is -2.22. The summed E-state index contributed by atoms with van der Waals surface area (Å²) in [4.78, 5) is 27.8. The summed E-state index contributed by atoms with van der Waals surface area (Å²) in [5.74, 6) is 2.48. The van der Waals surface area contributed by atoms with Crippen molar-refractivity contribution in [2.75, 3.05) is 13.1 Å². The van der Waals surface area contributed by atoms with Crippen molar-refractivity contribution >= 4 is 39.6 Å². The average molecular weight is 940 g/mol. The van der Waals surface area contributed by atoms with Crippen molar-refractivity contribution in [2.45, 2.75) is 46.0 Å². The summed E-state index contributed by atoms with van der Waals surface area (Å²) in [5, 5.41) is 29.6. The minimum atomic E-state index is -0.154. The van der Waals surface area contributed by atoms with E-state index in [9.17, 15) is 9.59 Å². The zero-order valence-electron chi connectivity index (χ0n) is 40.0. The number of fused-ring (bicyclic) bond motifs is 3. The molecule has 9 aromatic rings. The minimum absolute atomic E-state index is 0.102. The summed E-state index contributed by atoms with van der Waals surface area (Å²) in [6.07, 6.45) is 12.3. The number of carbonyl (C=O) groups is 2. The van der Waals surface area contributed by atoms with Gasteiger partial charge in [-0.3, -0.25) is 14.6 Å². The molecule has 1 saturated heterocycles. The Morgan fingerprint density at radius 1 is 0.542 bits per heavy atom. The maximum absolute atomic E-state index is 14.0. The number of allylic oxidation sites excluding steroid dienone is 4. The molecule has 11 nitrogen and oxygen atoms in total. The zero-order chi connectivity index (χ0) is 49.1. The number of carbonyl (C=O) groups excluding carboxylic acids is 2. The molecule has 6 aromatic carbocycles. The number of hydrogen-bond donors (Lipinski definition) is 0. The maximum Gasteiger partial charge on any atom is 0.279 e. The first-order chi connectivity index (χ1) is 35.3. The molecule has 12 rings (SSSR count). The third-order valence-corrected chi connectivity index (χ3v) is 13.6. The number of nitrogens with zero attached hydrogens (tertiary/aromatic N) is 9. The molecule has 3 aromatic heterocycles. The second-order valence-corrected chi connectivity index (χ2v) is 18.3. The van der Waals surface area contributed by atoms with Gasteiger partial charge < -0.3 is 0 Å². The predicted molar refractivity (Wildman–Crippen MR) is 284 cm³/mol. The summed E-state index contributed by atoms with van der Waals surface area (Å²) < 4.78 is 3.18. The van der Waals surface area contributed by atoms with Gasteiger partial charge in [-0.05, 0) is 85.7 Å². The Bertz CT molecular complexity index is 3670. The van der Waals surface area contributed by atoms with Crippen LogP contribution in [-0.4, -0.2) is 59.7 Å². The van der Waals surface area contributed by atoms with Gasteiger partial charge in [-0.15, -0.1) is 11.5 Å². The van der Waals surface area contributed by atoms with E-state index in [1.165, 1.54) is 6.42 Å². The lowest BCUT2D eigenvalue weighted by Crippen LogP contribution is -2.23. The van der Waals surface area contributed by atoms with Crippen molar-refractivity contribution in [2.24, 2.45) is 10.3 Å². The smallest absolute Gasteiger partial charge is 0.278 e. The third kappa shape index (κ3) is 8.64. The van der Waals surface area contributed by atoms with Crippen LogP contribution < -0.4 is 0 Å². The third-order valence-electron chi connectivity index (χ3n) is 13.6. The number of terminal acetylenes is 1. The number of piperidine rings is 1. The summed E-state index contributed by atoms with van der Waals surface area (Å²) in [7, 11) is 0. The fourth-order valence-corrected chi connectivity index (χ4v) is 10.1. The maximum atomic E-state index is 14.0. The Hall–Kier alpha value is -9.14. The highest BCUT2D eigenvalue weighted by Crippen LogP contribution is 2.42.